The third-order valence-corrected chi connectivity index (χ3v) is 3.31. The van der Waals surface area contributed by atoms with Crippen LogP contribution in [0.3, 0.4) is 0 Å². The molecule has 17 heavy (non-hydrogen) atoms. The molecule has 2 heterocycles. The van der Waals surface area contributed by atoms with E-state index in [-0.39, 0.29) is 5.69 Å². The maximum absolute atomic E-state index is 10.9. The van der Waals surface area contributed by atoms with Gasteiger partial charge in [-0.05, 0) is 37.1 Å². The van der Waals surface area contributed by atoms with Crippen molar-refractivity contribution in [2.24, 2.45) is 0 Å². The van der Waals surface area contributed by atoms with Crippen molar-refractivity contribution < 1.29 is 9.90 Å². The van der Waals surface area contributed by atoms with Gasteiger partial charge in [-0.25, -0.2) is 4.79 Å². The average molecular weight is 230 g/mol. The fraction of sp³-hybridized carbons (Fsp3) is 0.308. The Balaban J connectivity index is 2.02. The Morgan fingerprint density at radius 1 is 1.24 bits per heavy atom. The van der Waals surface area contributed by atoms with Gasteiger partial charge in [-0.2, -0.15) is 0 Å². The Kier molecular flexibility index (Phi) is 2.28. The van der Waals surface area contributed by atoms with Crippen molar-refractivity contribution in [1.29, 1.82) is 0 Å². The van der Waals surface area contributed by atoms with Crippen LogP contribution in [0.25, 0.3) is 10.9 Å². The molecule has 0 unspecified atom stereocenters. The summed E-state index contributed by atoms with van der Waals surface area (Å²) in [6, 6.07) is 7.76. The first kappa shape index (κ1) is 10.2. The van der Waals surface area contributed by atoms with E-state index < -0.39 is 5.97 Å². The largest absolute Gasteiger partial charge is 0.477 e. The average Bonchev–Trinajstić information content (AvgIpc) is 2.97. The summed E-state index contributed by atoms with van der Waals surface area (Å²) in [7, 11) is 0. The second-order valence-corrected chi connectivity index (χ2v) is 4.45. The van der Waals surface area contributed by atoms with Gasteiger partial charge in [-0.3, -0.25) is 0 Å². The number of benzene rings is 1. The zero-order valence-electron chi connectivity index (χ0n) is 9.44. The maximum atomic E-state index is 10.9. The molecule has 0 amide bonds. The summed E-state index contributed by atoms with van der Waals surface area (Å²) < 4.78 is 0. The molecule has 1 aliphatic heterocycles. The summed E-state index contributed by atoms with van der Waals surface area (Å²) in [5, 5.41) is 9.89. The van der Waals surface area contributed by atoms with Crippen LogP contribution in [0.4, 0.5) is 5.69 Å². The highest BCUT2D eigenvalue weighted by atomic mass is 16.4. The molecular weight excluding hydrogens is 216 g/mol. The van der Waals surface area contributed by atoms with Crippen molar-refractivity contribution in [2.45, 2.75) is 12.8 Å². The van der Waals surface area contributed by atoms with Crippen LogP contribution in [-0.4, -0.2) is 29.1 Å². The molecule has 1 aromatic heterocycles. The van der Waals surface area contributed by atoms with Gasteiger partial charge in [0.15, 0.2) is 0 Å². The van der Waals surface area contributed by atoms with Crippen LogP contribution < -0.4 is 4.90 Å². The van der Waals surface area contributed by atoms with Crippen LogP contribution in [-0.2, 0) is 0 Å². The number of H-pyrrole nitrogens is 1. The van der Waals surface area contributed by atoms with E-state index in [0.29, 0.717) is 0 Å². The van der Waals surface area contributed by atoms with E-state index in [1.165, 1.54) is 18.5 Å². The normalized spacial score (nSPS) is 15.6. The van der Waals surface area contributed by atoms with Gasteiger partial charge in [-0.1, -0.05) is 0 Å². The lowest BCUT2D eigenvalue weighted by Crippen LogP contribution is -2.17. The molecule has 3 rings (SSSR count). The first-order chi connectivity index (χ1) is 8.24. The third kappa shape index (κ3) is 1.75. The molecular formula is C13H14N2O2. The van der Waals surface area contributed by atoms with Gasteiger partial charge in [0.25, 0.3) is 0 Å². The maximum Gasteiger partial charge on any atom is 0.352 e. The molecule has 0 radical (unpaired) electrons. The number of hydrogen-bond acceptors (Lipinski definition) is 2. The molecule has 2 aromatic rings. The summed E-state index contributed by atoms with van der Waals surface area (Å²) >= 11 is 0. The molecule has 1 aromatic carbocycles. The van der Waals surface area contributed by atoms with E-state index in [4.69, 9.17) is 5.11 Å². The predicted octanol–water partition coefficient (Wildman–Crippen LogP) is 2.47. The predicted molar refractivity (Wildman–Crippen MR) is 66.7 cm³/mol. The minimum Gasteiger partial charge on any atom is -0.477 e. The van der Waals surface area contributed by atoms with E-state index in [2.05, 4.69) is 22.0 Å². The van der Waals surface area contributed by atoms with Crippen LogP contribution >= 0.6 is 0 Å². The summed E-state index contributed by atoms with van der Waals surface area (Å²) in [5.74, 6) is -0.913. The molecule has 88 valence electrons. The van der Waals surface area contributed by atoms with E-state index in [1.54, 1.807) is 6.07 Å². The number of fused-ring (bicyclic) bond motifs is 1. The van der Waals surface area contributed by atoms with E-state index in [9.17, 15) is 4.79 Å². The zero-order valence-corrected chi connectivity index (χ0v) is 9.44. The van der Waals surface area contributed by atoms with Crippen LogP contribution in [0, 0.1) is 0 Å². The van der Waals surface area contributed by atoms with Gasteiger partial charge >= 0.3 is 5.97 Å². The zero-order chi connectivity index (χ0) is 11.8. The molecule has 4 heteroatoms. The van der Waals surface area contributed by atoms with E-state index >= 15 is 0 Å². The van der Waals surface area contributed by atoms with Crippen molar-refractivity contribution in [3.8, 4) is 0 Å². The Hall–Kier alpha value is -1.97. The molecule has 0 spiro atoms. The number of carbonyl (C=O) groups is 1. The highest BCUT2D eigenvalue weighted by Gasteiger charge is 2.13. The number of nitrogens with zero attached hydrogens (tertiary/aromatic N) is 1. The minimum atomic E-state index is -0.913. The lowest BCUT2D eigenvalue weighted by atomic mass is 10.2. The summed E-state index contributed by atoms with van der Waals surface area (Å²) in [5.41, 5.74) is 2.31. The number of carboxylic acid groups (broad SMARTS) is 1. The molecule has 0 bridgehead atoms. The Morgan fingerprint density at radius 2 is 2.00 bits per heavy atom. The van der Waals surface area contributed by atoms with Gasteiger partial charge in [0.05, 0.1) is 0 Å². The number of nitrogens with one attached hydrogen (secondary N) is 1. The topological polar surface area (TPSA) is 56.3 Å². The Labute approximate surface area is 98.9 Å². The lowest BCUT2D eigenvalue weighted by Gasteiger charge is -2.17. The molecule has 2 N–H and O–H groups in total. The molecule has 0 atom stereocenters. The highest BCUT2D eigenvalue weighted by molar-refractivity contribution is 5.94. The highest BCUT2D eigenvalue weighted by Crippen LogP contribution is 2.25. The quantitative estimate of drug-likeness (QED) is 0.833. The van der Waals surface area contributed by atoms with Gasteiger partial charge in [0, 0.05) is 29.7 Å². The second kappa shape index (κ2) is 3.80. The molecule has 0 aliphatic carbocycles. The molecule has 1 saturated heterocycles. The summed E-state index contributed by atoms with van der Waals surface area (Å²) in [6.07, 6.45) is 2.48. The van der Waals surface area contributed by atoms with E-state index in [0.717, 1.165) is 24.0 Å². The number of aromatic nitrogens is 1. The van der Waals surface area contributed by atoms with Crippen LogP contribution in [0.5, 0.6) is 0 Å². The Morgan fingerprint density at radius 3 is 2.71 bits per heavy atom. The molecule has 4 nitrogen and oxygen atoms in total. The van der Waals surface area contributed by atoms with E-state index in [1.807, 2.05) is 6.07 Å². The number of anilines is 1. The molecule has 1 aliphatic rings. The minimum absolute atomic E-state index is 0.249. The first-order valence-corrected chi connectivity index (χ1v) is 5.85. The number of aromatic carboxylic acids is 1. The van der Waals surface area contributed by atoms with Gasteiger partial charge < -0.3 is 15.0 Å². The van der Waals surface area contributed by atoms with Crippen molar-refractivity contribution in [3.63, 3.8) is 0 Å². The third-order valence-electron chi connectivity index (χ3n) is 3.31. The van der Waals surface area contributed by atoms with Crippen LogP contribution in [0.1, 0.15) is 23.3 Å². The summed E-state index contributed by atoms with van der Waals surface area (Å²) in [6.45, 7) is 2.20. The van der Waals surface area contributed by atoms with Crippen molar-refractivity contribution in [1.82, 2.24) is 4.98 Å². The van der Waals surface area contributed by atoms with Gasteiger partial charge in [0.2, 0.25) is 0 Å². The van der Waals surface area contributed by atoms with Gasteiger partial charge in [-0.15, -0.1) is 0 Å². The second-order valence-electron chi connectivity index (χ2n) is 4.45. The Bertz CT molecular complexity index is 568. The van der Waals surface area contributed by atoms with Crippen LogP contribution in [0.2, 0.25) is 0 Å². The first-order valence-electron chi connectivity index (χ1n) is 5.85. The number of hydrogen-bond donors (Lipinski definition) is 2. The molecule has 1 fully saturated rings. The van der Waals surface area contributed by atoms with Crippen LogP contribution in [0.15, 0.2) is 24.3 Å². The van der Waals surface area contributed by atoms with Crippen molar-refractivity contribution in [2.75, 3.05) is 18.0 Å². The fourth-order valence-electron chi connectivity index (χ4n) is 2.41. The number of aromatic amines is 1. The van der Waals surface area contributed by atoms with Gasteiger partial charge in [0.1, 0.15) is 5.69 Å². The summed E-state index contributed by atoms with van der Waals surface area (Å²) in [4.78, 5) is 16.1. The number of rotatable bonds is 2. The van der Waals surface area contributed by atoms with Crippen molar-refractivity contribution in [3.05, 3.63) is 30.0 Å². The van der Waals surface area contributed by atoms with Crippen molar-refractivity contribution >= 4 is 22.6 Å². The monoisotopic (exact) mass is 230 g/mol. The smallest absolute Gasteiger partial charge is 0.352 e. The fourth-order valence-corrected chi connectivity index (χ4v) is 2.41. The SMILES string of the molecule is O=C(O)c1cc2cc(N3CCCC3)ccc2[nH]1. The number of carboxylic acids is 1. The lowest BCUT2D eigenvalue weighted by molar-refractivity contribution is 0.0691. The standard InChI is InChI=1S/C13H14N2O2/c16-13(17)12-8-9-7-10(3-4-11(9)14-12)15-5-1-2-6-15/h3-4,7-8,14H,1-2,5-6H2,(H,16,17). The molecule has 0 saturated carbocycles.